The summed E-state index contributed by atoms with van der Waals surface area (Å²) in [7, 11) is 0. The zero-order chi connectivity index (χ0) is 10.6. The molecule has 14 heavy (non-hydrogen) atoms. The number of nitrogens with two attached hydrogens (primary N) is 1. The van der Waals surface area contributed by atoms with Gasteiger partial charge < -0.3 is 15.8 Å². The van der Waals surface area contributed by atoms with E-state index in [1.165, 1.54) is 19.4 Å². The van der Waals surface area contributed by atoms with Gasteiger partial charge in [0.2, 0.25) is 0 Å². The molecule has 1 saturated carbocycles. The second kappa shape index (κ2) is 5.20. The van der Waals surface area contributed by atoms with Crippen LogP contribution in [0.4, 0.5) is 0 Å². The molecule has 1 rings (SSSR count). The Kier molecular flexibility index (Phi) is 4.20. The van der Waals surface area contributed by atoms with E-state index in [0.29, 0.717) is 5.84 Å². The second-order valence-electron chi connectivity index (χ2n) is 4.22. The monoisotopic (exact) mass is 199 g/mol. The highest BCUT2D eigenvalue weighted by Crippen LogP contribution is 2.29. The van der Waals surface area contributed by atoms with Crippen molar-refractivity contribution < 1.29 is 5.21 Å². The average molecular weight is 199 g/mol. The smallest absolute Gasteiger partial charge is 0.143 e. The van der Waals surface area contributed by atoms with Crippen LogP contribution in [0.5, 0.6) is 0 Å². The first kappa shape index (κ1) is 11.3. The van der Waals surface area contributed by atoms with Crippen molar-refractivity contribution in [3.8, 4) is 0 Å². The van der Waals surface area contributed by atoms with Crippen molar-refractivity contribution in [2.45, 2.75) is 26.7 Å². The lowest BCUT2D eigenvalue weighted by atomic mass is 10.1. The molecule has 0 aromatic carbocycles. The van der Waals surface area contributed by atoms with Crippen LogP contribution in [0.25, 0.3) is 0 Å². The quantitative estimate of drug-likeness (QED) is 0.291. The van der Waals surface area contributed by atoms with Gasteiger partial charge in [-0.15, -0.1) is 0 Å². The van der Waals surface area contributed by atoms with E-state index < -0.39 is 0 Å². The predicted molar refractivity (Wildman–Crippen MR) is 57.4 cm³/mol. The minimum absolute atomic E-state index is 0.138. The van der Waals surface area contributed by atoms with Crippen LogP contribution in [0.2, 0.25) is 0 Å². The molecule has 82 valence electrons. The lowest BCUT2D eigenvalue weighted by molar-refractivity contribution is 0.256. The van der Waals surface area contributed by atoms with Crippen molar-refractivity contribution in [3.05, 3.63) is 0 Å². The van der Waals surface area contributed by atoms with Crippen LogP contribution in [-0.2, 0) is 0 Å². The number of hydrogen-bond donors (Lipinski definition) is 2. The summed E-state index contributed by atoms with van der Waals surface area (Å²) in [6.07, 6.45) is 2.74. The third kappa shape index (κ3) is 3.54. The molecule has 1 atom stereocenters. The summed E-state index contributed by atoms with van der Waals surface area (Å²) in [6.45, 7) is 7.24. The van der Waals surface area contributed by atoms with Crippen LogP contribution < -0.4 is 5.73 Å². The second-order valence-corrected chi connectivity index (χ2v) is 4.22. The third-order valence-corrected chi connectivity index (χ3v) is 2.81. The molecule has 0 heterocycles. The van der Waals surface area contributed by atoms with Crippen molar-refractivity contribution in [2.24, 2.45) is 22.7 Å². The summed E-state index contributed by atoms with van der Waals surface area (Å²) >= 11 is 0. The molecule has 1 fully saturated rings. The molecule has 3 N–H and O–H groups in total. The van der Waals surface area contributed by atoms with Crippen molar-refractivity contribution in [3.63, 3.8) is 0 Å². The number of nitrogens with zero attached hydrogens (tertiary/aromatic N) is 2. The molecule has 0 aromatic rings. The Labute approximate surface area is 85.8 Å². The summed E-state index contributed by atoms with van der Waals surface area (Å²) in [5.41, 5.74) is 5.54. The molecule has 0 aromatic heterocycles. The number of amidine groups is 1. The van der Waals surface area contributed by atoms with Gasteiger partial charge in [0, 0.05) is 19.0 Å². The molecule has 0 aliphatic heterocycles. The fourth-order valence-electron chi connectivity index (χ4n) is 1.58. The van der Waals surface area contributed by atoms with Crippen LogP contribution in [0.1, 0.15) is 26.7 Å². The van der Waals surface area contributed by atoms with Crippen molar-refractivity contribution in [2.75, 3.05) is 19.6 Å². The highest BCUT2D eigenvalue weighted by molar-refractivity contribution is 5.82. The Balaban J connectivity index is 2.30. The zero-order valence-electron chi connectivity index (χ0n) is 9.11. The zero-order valence-corrected chi connectivity index (χ0v) is 9.11. The van der Waals surface area contributed by atoms with Crippen molar-refractivity contribution in [1.82, 2.24) is 4.90 Å². The lowest BCUT2D eigenvalue weighted by Gasteiger charge is -2.23. The lowest BCUT2D eigenvalue weighted by Crippen LogP contribution is -2.36. The fourth-order valence-corrected chi connectivity index (χ4v) is 1.58. The number of hydrogen-bond acceptors (Lipinski definition) is 3. The van der Waals surface area contributed by atoms with E-state index in [-0.39, 0.29) is 5.92 Å². The molecule has 0 amide bonds. The normalized spacial score (nSPS) is 20.1. The van der Waals surface area contributed by atoms with Crippen molar-refractivity contribution in [1.29, 1.82) is 0 Å². The molecule has 4 heteroatoms. The van der Waals surface area contributed by atoms with Gasteiger partial charge in [0.1, 0.15) is 5.84 Å². The molecular formula is C10H21N3O. The van der Waals surface area contributed by atoms with Gasteiger partial charge >= 0.3 is 0 Å². The Hall–Kier alpha value is -0.770. The van der Waals surface area contributed by atoms with E-state index in [9.17, 15) is 0 Å². The Morgan fingerprint density at radius 1 is 1.64 bits per heavy atom. The van der Waals surface area contributed by atoms with E-state index >= 15 is 0 Å². The summed E-state index contributed by atoms with van der Waals surface area (Å²) < 4.78 is 0. The summed E-state index contributed by atoms with van der Waals surface area (Å²) in [5, 5.41) is 11.6. The average Bonchev–Trinajstić information content (AvgIpc) is 2.99. The van der Waals surface area contributed by atoms with Crippen molar-refractivity contribution >= 4 is 5.84 Å². The molecule has 4 nitrogen and oxygen atoms in total. The SMILES string of the molecule is CCN(CC1CC1)CC(C)C(N)=NO. The maximum absolute atomic E-state index is 8.53. The van der Waals surface area contributed by atoms with E-state index in [1.807, 2.05) is 6.92 Å². The minimum atomic E-state index is 0.138. The summed E-state index contributed by atoms with van der Waals surface area (Å²) in [4.78, 5) is 2.38. The molecule has 0 radical (unpaired) electrons. The highest BCUT2D eigenvalue weighted by Gasteiger charge is 2.24. The minimum Gasteiger partial charge on any atom is -0.409 e. The van der Waals surface area contributed by atoms with E-state index in [4.69, 9.17) is 10.9 Å². The maximum Gasteiger partial charge on any atom is 0.143 e. The molecule has 0 saturated heterocycles. The van der Waals surface area contributed by atoms with E-state index in [0.717, 1.165) is 19.0 Å². The van der Waals surface area contributed by atoms with Crippen LogP contribution in [0.15, 0.2) is 5.16 Å². The van der Waals surface area contributed by atoms with Gasteiger partial charge in [-0.2, -0.15) is 0 Å². The van der Waals surface area contributed by atoms with Crippen LogP contribution in [-0.4, -0.2) is 35.6 Å². The molecular weight excluding hydrogens is 178 g/mol. The van der Waals surface area contributed by atoms with E-state index in [1.54, 1.807) is 0 Å². The molecule has 1 unspecified atom stereocenters. The van der Waals surface area contributed by atoms with Gasteiger partial charge in [0.15, 0.2) is 0 Å². The first-order chi connectivity index (χ1) is 6.67. The number of oxime groups is 1. The van der Waals surface area contributed by atoms with Crippen LogP contribution in [0, 0.1) is 11.8 Å². The standard InChI is InChI=1S/C10H21N3O/c1-3-13(7-9-4-5-9)6-8(2)10(11)12-14/h8-9,14H,3-7H2,1-2H3,(H2,11,12). The van der Waals surface area contributed by atoms with Gasteiger partial charge in [0.05, 0.1) is 0 Å². The Bertz CT molecular complexity index is 202. The van der Waals surface area contributed by atoms with Gasteiger partial charge in [-0.1, -0.05) is 19.0 Å². The topological polar surface area (TPSA) is 61.8 Å². The molecule has 1 aliphatic carbocycles. The fraction of sp³-hybridized carbons (Fsp3) is 0.900. The molecule has 1 aliphatic rings. The Morgan fingerprint density at radius 3 is 2.71 bits per heavy atom. The number of rotatable bonds is 6. The van der Waals surface area contributed by atoms with Gasteiger partial charge in [0.25, 0.3) is 0 Å². The third-order valence-electron chi connectivity index (χ3n) is 2.81. The van der Waals surface area contributed by atoms with Gasteiger partial charge in [-0.3, -0.25) is 0 Å². The summed E-state index contributed by atoms with van der Waals surface area (Å²) in [6, 6.07) is 0. The largest absolute Gasteiger partial charge is 0.409 e. The van der Waals surface area contributed by atoms with Gasteiger partial charge in [-0.25, -0.2) is 0 Å². The summed E-state index contributed by atoms with van der Waals surface area (Å²) in [5.74, 6) is 1.37. The van der Waals surface area contributed by atoms with Crippen LogP contribution in [0.3, 0.4) is 0 Å². The first-order valence-electron chi connectivity index (χ1n) is 5.37. The van der Waals surface area contributed by atoms with E-state index in [2.05, 4.69) is 17.0 Å². The Morgan fingerprint density at radius 2 is 2.29 bits per heavy atom. The highest BCUT2D eigenvalue weighted by atomic mass is 16.4. The first-order valence-corrected chi connectivity index (χ1v) is 5.37. The molecule has 0 spiro atoms. The molecule has 0 bridgehead atoms. The van der Waals surface area contributed by atoms with Crippen LogP contribution >= 0.6 is 0 Å². The van der Waals surface area contributed by atoms with Gasteiger partial charge in [-0.05, 0) is 25.3 Å². The maximum atomic E-state index is 8.53. The predicted octanol–water partition coefficient (Wildman–Crippen LogP) is 1.10.